The van der Waals surface area contributed by atoms with Gasteiger partial charge >= 0.3 is 0 Å². The number of hydrogen-bond donors (Lipinski definition) is 14. The van der Waals surface area contributed by atoms with Gasteiger partial charge in [-0.2, -0.15) is 0 Å². The van der Waals surface area contributed by atoms with E-state index in [0.29, 0.717) is 0 Å². The van der Waals surface area contributed by atoms with Crippen molar-refractivity contribution in [3.63, 3.8) is 0 Å². The molecule has 0 spiro atoms. The average molecular weight is 667 g/mol. The molecule has 0 aromatic carbocycles. The second-order valence-corrected chi connectivity index (χ2v) is 11.1. The lowest BCUT2D eigenvalue weighted by atomic mass is 9.96. The summed E-state index contributed by atoms with van der Waals surface area (Å²) in [4.78, 5) is 0. The van der Waals surface area contributed by atoms with Crippen LogP contribution in [0.4, 0.5) is 0 Å². The van der Waals surface area contributed by atoms with Crippen LogP contribution in [0.25, 0.3) is 0 Å². The SMILES string of the molecule is OC[C@H]1O[C@H](O[C@H]2[C@@H](O[C@@H]3[C@@H](O[C@@H]4C(O)O[C@H](CO)[C@@H](O)[C@@H]4O)O[C@H](CO)[C@@H](O)[C@@H]3O)O[C@H](CO)[C@H](O)[C@@H]2O)[C@H](O)[C@@H](O)[C@H]1O. The molecule has 4 heterocycles. The van der Waals surface area contributed by atoms with E-state index in [2.05, 4.69) is 0 Å². The lowest BCUT2D eigenvalue weighted by molar-refractivity contribution is -0.405. The minimum absolute atomic E-state index is 0.791. The first-order chi connectivity index (χ1) is 21.3. The molecule has 21 nitrogen and oxygen atoms in total. The minimum atomic E-state index is -2.03. The van der Waals surface area contributed by atoms with Crippen molar-refractivity contribution in [2.24, 2.45) is 0 Å². The van der Waals surface area contributed by atoms with Crippen LogP contribution in [0.5, 0.6) is 0 Å². The predicted molar refractivity (Wildman–Crippen MR) is 134 cm³/mol. The van der Waals surface area contributed by atoms with Crippen molar-refractivity contribution in [3.05, 3.63) is 0 Å². The summed E-state index contributed by atoms with van der Waals surface area (Å²) in [7, 11) is 0. The predicted octanol–water partition coefficient (Wildman–Crippen LogP) is -9.75. The van der Waals surface area contributed by atoms with Crippen LogP contribution < -0.4 is 0 Å². The third kappa shape index (κ3) is 7.44. The van der Waals surface area contributed by atoms with Crippen molar-refractivity contribution in [2.75, 3.05) is 26.4 Å². The monoisotopic (exact) mass is 666 g/mol. The lowest BCUT2D eigenvalue weighted by Gasteiger charge is -2.49. The highest BCUT2D eigenvalue weighted by Crippen LogP contribution is 2.34. The van der Waals surface area contributed by atoms with E-state index in [4.69, 9.17) is 33.2 Å². The minimum Gasteiger partial charge on any atom is -0.394 e. The van der Waals surface area contributed by atoms with Gasteiger partial charge < -0.3 is 105 Å². The van der Waals surface area contributed by atoms with E-state index in [1.165, 1.54) is 0 Å². The van der Waals surface area contributed by atoms with Crippen LogP contribution in [0, 0.1) is 0 Å². The van der Waals surface area contributed by atoms with Gasteiger partial charge in [-0.05, 0) is 0 Å². The highest BCUT2D eigenvalue weighted by atomic mass is 16.8. The lowest BCUT2D eigenvalue weighted by Crippen LogP contribution is -2.68. The highest BCUT2D eigenvalue weighted by molar-refractivity contribution is 4.97. The molecule has 45 heavy (non-hydrogen) atoms. The van der Waals surface area contributed by atoms with Gasteiger partial charge in [-0.25, -0.2) is 0 Å². The van der Waals surface area contributed by atoms with Crippen LogP contribution in [0.15, 0.2) is 0 Å². The van der Waals surface area contributed by atoms with Crippen LogP contribution in [-0.4, -0.2) is 221 Å². The Bertz CT molecular complexity index is 916. The van der Waals surface area contributed by atoms with Crippen molar-refractivity contribution >= 4 is 0 Å². The summed E-state index contributed by atoms with van der Waals surface area (Å²) in [5.41, 5.74) is 0. The van der Waals surface area contributed by atoms with E-state index in [9.17, 15) is 71.5 Å². The van der Waals surface area contributed by atoms with E-state index < -0.39 is 149 Å². The number of aliphatic hydroxyl groups excluding tert-OH is 14. The van der Waals surface area contributed by atoms with Crippen LogP contribution in [0.1, 0.15) is 0 Å². The van der Waals surface area contributed by atoms with Gasteiger partial charge in [0, 0.05) is 0 Å². The van der Waals surface area contributed by atoms with E-state index in [1.54, 1.807) is 0 Å². The summed E-state index contributed by atoms with van der Waals surface area (Å²) in [6, 6.07) is 0. The quantitative estimate of drug-likeness (QED) is 0.103. The summed E-state index contributed by atoms with van der Waals surface area (Å²) in [5.74, 6) is 0. The first kappa shape index (κ1) is 37.0. The van der Waals surface area contributed by atoms with Gasteiger partial charge in [0.2, 0.25) is 0 Å². The maximum absolute atomic E-state index is 11.0. The summed E-state index contributed by atoms with van der Waals surface area (Å²) in [6.45, 7) is -3.41. The van der Waals surface area contributed by atoms with Gasteiger partial charge in [0.05, 0.1) is 26.4 Å². The standard InChI is InChI=1S/C24H42O21/c25-1-5-10(30)14(34)18(21(38)39-5)43-23-20(16(36)12(32)7(3-27)41-23)45-24-19(15(35)11(31)8(4-28)42-24)44-22-17(37)13(33)9(29)6(2-26)40-22/h5-38H,1-4H2/t5-,6-,7-,8-,9+,10-,11+,12-,13+,14+,15+,16+,17-,18+,19-,20+,21?,22-,23-,24-/m1/s1. The summed E-state index contributed by atoms with van der Waals surface area (Å²) < 4.78 is 38.3. The van der Waals surface area contributed by atoms with Crippen LogP contribution >= 0.6 is 0 Å². The Morgan fingerprint density at radius 3 is 1.07 bits per heavy atom. The smallest absolute Gasteiger partial charge is 0.187 e. The van der Waals surface area contributed by atoms with E-state index in [-0.39, 0.29) is 0 Å². The molecule has 264 valence electrons. The zero-order valence-electron chi connectivity index (χ0n) is 23.5. The second-order valence-electron chi connectivity index (χ2n) is 11.1. The van der Waals surface area contributed by atoms with Gasteiger partial charge in [-0.1, -0.05) is 0 Å². The fourth-order valence-electron chi connectivity index (χ4n) is 5.48. The Labute approximate surface area is 254 Å². The van der Waals surface area contributed by atoms with Gasteiger partial charge in [0.25, 0.3) is 0 Å². The van der Waals surface area contributed by atoms with Gasteiger partial charge in [0.1, 0.15) is 97.7 Å². The molecule has 4 saturated heterocycles. The van der Waals surface area contributed by atoms with Crippen molar-refractivity contribution < 1.29 is 105 Å². The third-order valence-corrected chi connectivity index (χ3v) is 8.21. The zero-order chi connectivity index (χ0) is 33.3. The summed E-state index contributed by atoms with van der Waals surface area (Å²) >= 11 is 0. The second kappa shape index (κ2) is 15.6. The number of ether oxygens (including phenoxy) is 7. The molecule has 4 rings (SSSR count). The molecule has 0 aliphatic carbocycles. The molecule has 4 fully saturated rings. The molecule has 0 amide bonds. The number of rotatable bonds is 10. The van der Waals surface area contributed by atoms with Crippen molar-refractivity contribution in [3.8, 4) is 0 Å². The van der Waals surface area contributed by atoms with Crippen molar-refractivity contribution in [2.45, 2.75) is 123 Å². The normalized spacial score (nSPS) is 52.9. The maximum Gasteiger partial charge on any atom is 0.187 e. The Morgan fingerprint density at radius 2 is 0.644 bits per heavy atom. The molecule has 4 aliphatic rings. The van der Waals surface area contributed by atoms with E-state index in [0.717, 1.165) is 0 Å². The average Bonchev–Trinajstić information content (AvgIpc) is 3.03. The van der Waals surface area contributed by atoms with Gasteiger partial charge in [0.15, 0.2) is 25.2 Å². The summed E-state index contributed by atoms with van der Waals surface area (Å²) in [6.07, 6.45) is -36.6. The fraction of sp³-hybridized carbons (Fsp3) is 1.00. The largest absolute Gasteiger partial charge is 0.394 e. The van der Waals surface area contributed by atoms with E-state index >= 15 is 0 Å². The fourth-order valence-corrected chi connectivity index (χ4v) is 5.48. The number of aliphatic hydroxyl groups is 14. The maximum atomic E-state index is 11.0. The first-order valence-electron chi connectivity index (χ1n) is 14.1. The molecule has 0 bridgehead atoms. The molecule has 20 atom stereocenters. The van der Waals surface area contributed by atoms with Crippen molar-refractivity contribution in [1.82, 2.24) is 0 Å². The molecule has 0 aromatic heterocycles. The molecule has 21 heteroatoms. The van der Waals surface area contributed by atoms with Gasteiger partial charge in [-0.15, -0.1) is 0 Å². The van der Waals surface area contributed by atoms with Crippen molar-refractivity contribution in [1.29, 1.82) is 0 Å². The molecule has 14 N–H and O–H groups in total. The highest BCUT2D eigenvalue weighted by Gasteiger charge is 2.55. The Kier molecular flexibility index (Phi) is 12.8. The van der Waals surface area contributed by atoms with Crippen LogP contribution in [0.2, 0.25) is 0 Å². The topological polar surface area (TPSA) is 348 Å². The molecule has 0 saturated carbocycles. The molecule has 1 unspecified atom stereocenters. The summed E-state index contributed by atoms with van der Waals surface area (Å²) in [5, 5.41) is 143. The van der Waals surface area contributed by atoms with Crippen LogP contribution in [0.3, 0.4) is 0 Å². The third-order valence-electron chi connectivity index (χ3n) is 8.21. The number of hydrogen-bond acceptors (Lipinski definition) is 21. The Balaban J connectivity index is 1.61. The zero-order valence-corrected chi connectivity index (χ0v) is 23.5. The molecular weight excluding hydrogens is 624 g/mol. The van der Waals surface area contributed by atoms with E-state index in [1.807, 2.05) is 0 Å². The molecule has 4 aliphatic heterocycles. The molecular formula is C24H42O21. The van der Waals surface area contributed by atoms with Crippen LogP contribution in [-0.2, 0) is 33.2 Å². The van der Waals surface area contributed by atoms with Gasteiger partial charge in [-0.3, -0.25) is 0 Å². The first-order valence-corrected chi connectivity index (χ1v) is 14.1. The Morgan fingerprint density at radius 1 is 0.333 bits per heavy atom. The molecule has 0 radical (unpaired) electrons. The Hall–Kier alpha value is -0.840. The molecule has 0 aromatic rings.